The summed E-state index contributed by atoms with van der Waals surface area (Å²) in [5, 5.41) is 8.73. The molecule has 0 saturated carbocycles. The molecule has 0 atom stereocenters. The van der Waals surface area contributed by atoms with Gasteiger partial charge in [0.2, 0.25) is 5.43 Å². The van der Waals surface area contributed by atoms with Gasteiger partial charge in [-0.15, -0.1) is 0 Å². The maximum absolute atomic E-state index is 13.8. The molecule has 0 saturated heterocycles. The van der Waals surface area contributed by atoms with Crippen LogP contribution in [0, 0.1) is 17.1 Å². The van der Waals surface area contributed by atoms with Gasteiger partial charge in [-0.2, -0.15) is 5.26 Å². The normalized spacial score (nSPS) is 10.0. The first-order chi connectivity index (χ1) is 8.61. The van der Waals surface area contributed by atoms with Gasteiger partial charge < -0.3 is 10.3 Å². The monoisotopic (exact) mass is 243 g/mol. The zero-order valence-corrected chi connectivity index (χ0v) is 9.43. The van der Waals surface area contributed by atoms with Gasteiger partial charge in [0.05, 0.1) is 17.8 Å². The van der Waals surface area contributed by atoms with Crippen molar-refractivity contribution in [1.82, 2.24) is 4.57 Å². The number of nitrogens with two attached hydrogens (primary N) is 1. The Balaban J connectivity index is 2.37. The fraction of sp³-hybridized carbons (Fsp3) is 0.0769. The molecule has 0 aliphatic heterocycles. The summed E-state index contributed by atoms with van der Waals surface area (Å²) >= 11 is 0. The molecule has 0 fully saturated rings. The number of halogens is 1. The molecule has 0 aliphatic carbocycles. The van der Waals surface area contributed by atoms with E-state index in [1.165, 1.54) is 24.5 Å². The zero-order valence-electron chi connectivity index (χ0n) is 9.43. The van der Waals surface area contributed by atoms with Gasteiger partial charge in [0.15, 0.2) is 0 Å². The van der Waals surface area contributed by atoms with Crippen LogP contribution in [0.25, 0.3) is 0 Å². The van der Waals surface area contributed by atoms with Crippen molar-refractivity contribution in [2.45, 2.75) is 6.54 Å². The molecule has 1 heterocycles. The van der Waals surface area contributed by atoms with Crippen LogP contribution >= 0.6 is 0 Å². The summed E-state index contributed by atoms with van der Waals surface area (Å²) in [6, 6.07) is 7.72. The highest BCUT2D eigenvalue weighted by Crippen LogP contribution is 2.13. The number of nitrogen functional groups attached to an aromatic ring is 1. The van der Waals surface area contributed by atoms with Crippen molar-refractivity contribution >= 4 is 5.69 Å². The van der Waals surface area contributed by atoms with E-state index in [1.54, 1.807) is 22.8 Å². The van der Waals surface area contributed by atoms with Gasteiger partial charge in [0.25, 0.3) is 0 Å². The van der Waals surface area contributed by atoms with Crippen molar-refractivity contribution < 1.29 is 4.39 Å². The summed E-state index contributed by atoms with van der Waals surface area (Å²) in [6.45, 7) is 0.214. The molecule has 0 unspecified atom stereocenters. The molecule has 2 N–H and O–H groups in total. The Kier molecular flexibility index (Phi) is 3.11. The van der Waals surface area contributed by atoms with Gasteiger partial charge in [-0.25, -0.2) is 4.39 Å². The Morgan fingerprint density at radius 2 is 2.17 bits per heavy atom. The predicted molar refractivity (Wildman–Crippen MR) is 65.3 cm³/mol. The minimum absolute atomic E-state index is 0.00140. The van der Waals surface area contributed by atoms with E-state index in [0.29, 0.717) is 5.56 Å². The largest absolute Gasteiger partial charge is 0.394 e. The molecule has 2 rings (SSSR count). The average molecular weight is 243 g/mol. The highest BCUT2D eigenvalue weighted by Gasteiger charge is 2.07. The third-order valence-electron chi connectivity index (χ3n) is 2.56. The van der Waals surface area contributed by atoms with Crippen LogP contribution in [0.1, 0.15) is 11.1 Å². The van der Waals surface area contributed by atoms with E-state index < -0.39 is 5.82 Å². The van der Waals surface area contributed by atoms with Crippen molar-refractivity contribution in [3.63, 3.8) is 0 Å². The Bertz CT molecular complexity index is 685. The topological polar surface area (TPSA) is 71.8 Å². The molecule has 5 heteroatoms. The van der Waals surface area contributed by atoms with Gasteiger partial charge in [-0.1, -0.05) is 12.1 Å². The second-order valence-electron chi connectivity index (χ2n) is 3.83. The second-order valence-corrected chi connectivity index (χ2v) is 3.83. The summed E-state index contributed by atoms with van der Waals surface area (Å²) in [5.74, 6) is -0.544. The first kappa shape index (κ1) is 11.9. The highest BCUT2D eigenvalue weighted by atomic mass is 19.1. The number of anilines is 1. The van der Waals surface area contributed by atoms with Crippen LogP contribution in [0.5, 0.6) is 0 Å². The average Bonchev–Trinajstić information content (AvgIpc) is 2.36. The lowest BCUT2D eigenvalue weighted by atomic mass is 10.1. The van der Waals surface area contributed by atoms with E-state index in [2.05, 4.69) is 0 Å². The van der Waals surface area contributed by atoms with Crippen LogP contribution in [-0.4, -0.2) is 4.57 Å². The van der Waals surface area contributed by atoms with Crippen LogP contribution < -0.4 is 11.2 Å². The summed E-state index contributed by atoms with van der Waals surface area (Å²) in [7, 11) is 0. The van der Waals surface area contributed by atoms with E-state index in [9.17, 15) is 9.18 Å². The Hall–Kier alpha value is -2.61. The van der Waals surface area contributed by atoms with E-state index in [1.807, 2.05) is 0 Å². The maximum atomic E-state index is 13.8. The molecule has 0 bridgehead atoms. The molecule has 0 amide bonds. The molecule has 0 aliphatic rings. The van der Waals surface area contributed by atoms with Gasteiger partial charge >= 0.3 is 0 Å². The quantitative estimate of drug-likeness (QED) is 0.868. The van der Waals surface area contributed by atoms with Crippen molar-refractivity contribution in [2.24, 2.45) is 0 Å². The molecule has 0 radical (unpaired) electrons. The first-order valence-electron chi connectivity index (χ1n) is 5.25. The standard InChI is InChI=1S/C13H10FN3O/c14-13-9(6-15)2-1-3-10(13)7-17-5-4-12(18)11(16)8-17/h1-5,8H,7,16H2. The zero-order chi connectivity index (χ0) is 13.1. The summed E-state index contributed by atoms with van der Waals surface area (Å²) in [5.41, 5.74) is 5.70. The van der Waals surface area contributed by atoms with Crippen LogP contribution in [-0.2, 0) is 6.54 Å². The lowest BCUT2D eigenvalue weighted by Gasteiger charge is -2.08. The molecule has 4 nitrogen and oxygen atoms in total. The Labute approximate surface area is 103 Å². The molecule has 2 aromatic rings. The number of benzene rings is 1. The Morgan fingerprint density at radius 1 is 1.39 bits per heavy atom. The van der Waals surface area contributed by atoms with Crippen molar-refractivity contribution in [3.8, 4) is 6.07 Å². The number of pyridine rings is 1. The van der Waals surface area contributed by atoms with E-state index in [4.69, 9.17) is 11.0 Å². The fourth-order valence-electron chi connectivity index (χ4n) is 1.63. The molecule has 0 spiro atoms. The molecular formula is C13H10FN3O. The SMILES string of the molecule is N#Cc1cccc(Cn2ccc(=O)c(N)c2)c1F. The number of hydrogen-bond donors (Lipinski definition) is 1. The van der Waals surface area contributed by atoms with Crippen LogP contribution in [0.3, 0.4) is 0 Å². The summed E-state index contributed by atoms with van der Waals surface area (Å²) < 4.78 is 15.4. The van der Waals surface area contributed by atoms with Gasteiger partial charge in [-0.3, -0.25) is 4.79 Å². The van der Waals surface area contributed by atoms with Crippen molar-refractivity contribution in [2.75, 3.05) is 5.73 Å². The van der Waals surface area contributed by atoms with Crippen LogP contribution in [0.2, 0.25) is 0 Å². The number of rotatable bonds is 2. The smallest absolute Gasteiger partial charge is 0.204 e. The lowest BCUT2D eigenvalue weighted by Crippen LogP contribution is -2.12. The molecule has 18 heavy (non-hydrogen) atoms. The lowest BCUT2D eigenvalue weighted by molar-refractivity contribution is 0.595. The number of hydrogen-bond acceptors (Lipinski definition) is 3. The summed E-state index contributed by atoms with van der Waals surface area (Å²) in [6.07, 6.45) is 2.97. The van der Waals surface area contributed by atoms with Crippen molar-refractivity contribution in [1.29, 1.82) is 5.26 Å². The van der Waals surface area contributed by atoms with Gasteiger partial charge in [0, 0.05) is 24.0 Å². The second kappa shape index (κ2) is 4.72. The van der Waals surface area contributed by atoms with Gasteiger partial charge in [-0.05, 0) is 6.07 Å². The third kappa shape index (κ3) is 2.23. The minimum Gasteiger partial charge on any atom is -0.394 e. The van der Waals surface area contributed by atoms with E-state index in [-0.39, 0.29) is 23.2 Å². The highest BCUT2D eigenvalue weighted by molar-refractivity contribution is 5.36. The summed E-state index contributed by atoms with van der Waals surface area (Å²) in [4.78, 5) is 11.1. The molecule has 1 aromatic carbocycles. The first-order valence-corrected chi connectivity index (χ1v) is 5.25. The fourth-order valence-corrected chi connectivity index (χ4v) is 1.63. The molecule has 1 aromatic heterocycles. The number of nitriles is 1. The molecular weight excluding hydrogens is 233 g/mol. The third-order valence-corrected chi connectivity index (χ3v) is 2.56. The predicted octanol–water partition coefficient (Wildman–Crippen LogP) is 1.49. The van der Waals surface area contributed by atoms with E-state index >= 15 is 0 Å². The van der Waals surface area contributed by atoms with Crippen LogP contribution in [0.4, 0.5) is 10.1 Å². The maximum Gasteiger partial charge on any atom is 0.204 e. The Morgan fingerprint density at radius 3 is 2.83 bits per heavy atom. The minimum atomic E-state index is -0.544. The van der Waals surface area contributed by atoms with Crippen LogP contribution in [0.15, 0.2) is 41.5 Å². The van der Waals surface area contributed by atoms with Gasteiger partial charge in [0.1, 0.15) is 11.9 Å². The van der Waals surface area contributed by atoms with Crippen molar-refractivity contribution in [3.05, 3.63) is 63.8 Å². The number of aromatic nitrogens is 1. The molecule has 90 valence electrons. The number of nitrogens with zero attached hydrogens (tertiary/aromatic N) is 2. The van der Waals surface area contributed by atoms with E-state index in [0.717, 1.165) is 0 Å².